The maximum Gasteiger partial charge on any atom is 0.265 e. The second kappa shape index (κ2) is 5.76. The Bertz CT molecular complexity index is 754. The lowest BCUT2D eigenvalue weighted by molar-refractivity contribution is 0.539. The normalized spacial score (nSPS) is 12.4. The molecule has 1 N–H and O–H groups in total. The van der Waals surface area contributed by atoms with E-state index in [9.17, 15) is 8.42 Å². The maximum absolute atomic E-state index is 12.7. The van der Waals surface area contributed by atoms with Gasteiger partial charge in [0.25, 0.3) is 10.0 Å². The maximum atomic E-state index is 12.7. The predicted octanol–water partition coefficient (Wildman–Crippen LogP) is 3.08. The van der Waals surface area contributed by atoms with Crippen molar-refractivity contribution < 1.29 is 8.42 Å². The van der Waals surface area contributed by atoms with Crippen LogP contribution in [0.4, 0.5) is 5.69 Å². The molecule has 0 atom stereocenters. The lowest BCUT2D eigenvalue weighted by Gasteiger charge is -2.17. The fourth-order valence-electron chi connectivity index (χ4n) is 2.20. The van der Waals surface area contributed by atoms with Gasteiger partial charge in [0.05, 0.1) is 5.69 Å². The summed E-state index contributed by atoms with van der Waals surface area (Å²) in [5, 5.41) is 4.31. The van der Waals surface area contributed by atoms with Gasteiger partial charge in [-0.05, 0) is 24.1 Å². The minimum Gasteiger partial charge on any atom is -0.280 e. The van der Waals surface area contributed by atoms with E-state index in [0.717, 1.165) is 6.42 Å². The van der Waals surface area contributed by atoms with E-state index < -0.39 is 10.0 Å². The Morgan fingerprint density at radius 2 is 1.77 bits per heavy atom. The SMILES string of the molecule is CCc1ccc(NS(=O)(=O)c2cn(C)nc2C(C)(C)C)cc1. The minimum atomic E-state index is -3.66. The molecule has 0 radical (unpaired) electrons. The molecule has 6 heteroatoms. The van der Waals surface area contributed by atoms with Crippen LogP contribution < -0.4 is 4.72 Å². The largest absolute Gasteiger partial charge is 0.280 e. The Balaban J connectivity index is 2.38. The Kier molecular flexibility index (Phi) is 4.33. The molecule has 120 valence electrons. The van der Waals surface area contributed by atoms with Crippen molar-refractivity contribution in [3.05, 3.63) is 41.7 Å². The molecule has 0 amide bonds. The van der Waals surface area contributed by atoms with Gasteiger partial charge in [-0.25, -0.2) is 8.42 Å². The van der Waals surface area contributed by atoms with Crippen LogP contribution in [0.3, 0.4) is 0 Å². The molecule has 0 aliphatic carbocycles. The van der Waals surface area contributed by atoms with E-state index in [1.54, 1.807) is 25.4 Å². The van der Waals surface area contributed by atoms with E-state index in [2.05, 4.69) is 16.7 Å². The molecule has 0 aliphatic heterocycles. The predicted molar refractivity (Wildman–Crippen MR) is 88.5 cm³/mol. The lowest BCUT2D eigenvalue weighted by atomic mass is 9.92. The van der Waals surface area contributed by atoms with Crippen LogP contribution in [-0.4, -0.2) is 18.2 Å². The van der Waals surface area contributed by atoms with Crippen molar-refractivity contribution in [1.82, 2.24) is 9.78 Å². The van der Waals surface area contributed by atoms with Gasteiger partial charge in [0, 0.05) is 24.3 Å². The van der Waals surface area contributed by atoms with Crippen LogP contribution >= 0.6 is 0 Å². The zero-order valence-corrected chi connectivity index (χ0v) is 14.5. The van der Waals surface area contributed by atoms with E-state index >= 15 is 0 Å². The van der Waals surface area contributed by atoms with Crippen molar-refractivity contribution in [3.8, 4) is 0 Å². The summed E-state index contributed by atoms with van der Waals surface area (Å²) in [6.45, 7) is 7.91. The van der Waals surface area contributed by atoms with Gasteiger partial charge in [-0.15, -0.1) is 0 Å². The molecule has 0 unspecified atom stereocenters. The van der Waals surface area contributed by atoms with E-state index in [-0.39, 0.29) is 10.3 Å². The average molecular weight is 321 g/mol. The summed E-state index contributed by atoms with van der Waals surface area (Å²) < 4.78 is 29.5. The molecule has 0 bridgehead atoms. The van der Waals surface area contributed by atoms with Gasteiger partial charge in [-0.2, -0.15) is 5.10 Å². The molecule has 5 nitrogen and oxygen atoms in total. The fraction of sp³-hybridized carbons (Fsp3) is 0.438. The standard InChI is InChI=1S/C16H23N3O2S/c1-6-12-7-9-13(10-8-12)18-22(20,21)14-11-19(5)17-15(14)16(2,3)4/h7-11,18H,6H2,1-5H3. The van der Waals surface area contributed by atoms with Crippen LogP contribution in [0.1, 0.15) is 39.0 Å². The quantitative estimate of drug-likeness (QED) is 0.941. The Hall–Kier alpha value is -1.82. The van der Waals surface area contributed by atoms with E-state index in [1.165, 1.54) is 10.2 Å². The summed E-state index contributed by atoms with van der Waals surface area (Å²) in [7, 11) is -1.93. The highest BCUT2D eigenvalue weighted by molar-refractivity contribution is 7.92. The Morgan fingerprint density at radius 1 is 1.18 bits per heavy atom. The van der Waals surface area contributed by atoms with Gasteiger partial charge >= 0.3 is 0 Å². The van der Waals surface area contributed by atoms with Crippen molar-refractivity contribution in [2.75, 3.05) is 4.72 Å². The first kappa shape index (κ1) is 16.5. The molecule has 0 aliphatic rings. The highest BCUT2D eigenvalue weighted by atomic mass is 32.2. The summed E-state index contributed by atoms with van der Waals surface area (Å²) in [4.78, 5) is 0.224. The van der Waals surface area contributed by atoms with E-state index in [4.69, 9.17) is 0 Å². The molecule has 2 aromatic rings. The molecule has 2 rings (SSSR count). The van der Waals surface area contributed by atoms with Crippen molar-refractivity contribution in [1.29, 1.82) is 0 Å². The molecule has 0 saturated heterocycles. The van der Waals surface area contributed by atoms with E-state index in [1.807, 2.05) is 32.9 Å². The molecular formula is C16H23N3O2S. The Labute approximate surface area is 132 Å². The van der Waals surface area contributed by atoms with Crippen LogP contribution in [0.25, 0.3) is 0 Å². The highest BCUT2D eigenvalue weighted by Crippen LogP contribution is 2.28. The van der Waals surface area contributed by atoms with Gasteiger partial charge in [-0.3, -0.25) is 9.40 Å². The lowest BCUT2D eigenvalue weighted by Crippen LogP contribution is -2.20. The third kappa shape index (κ3) is 3.50. The first-order chi connectivity index (χ1) is 10.1. The number of hydrogen-bond acceptors (Lipinski definition) is 3. The third-order valence-electron chi connectivity index (χ3n) is 3.41. The Morgan fingerprint density at radius 3 is 2.27 bits per heavy atom. The van der Waals surface area contributed by atoms with Gasteiger partial charge in [0.15, 0.2) is 0 Å². The fourth-order valence-corrected chi connectivity index (χ4v) is 3.65. The van der Waals surface area contributed by atoms with Crippen molar-refractivity contribution in [3.63, 3.8) is 0 Å². The number of hydrogen-bond donors (Lipinski definition) is 1. The summed E-state index contributed by atoms with van der Waals surface area (Å²) in [6.07, 6.45) is 2.47. The zero-order valence-electron chi connectivity index (χ0n) is 13.7. The topological polar surface area (TPSA) is 64.0 Å². The van der Waals surface area contributed by atoms with Crippen molar-refractivity contribution in [2.45, 2.75) is 44.4 Å². The molecule has 1 heterocycles. The van der Waals surface area contributed by atoms with Gasteiger partial charge in [0.2, 0.25) is 0 Å². The molecular weight excluding hydrogens is 298 g/mol. The van der Waals surface area contributed by atoms with Crippen LogP contribution in [0, 0.1) is 0 Å². The first-order valence-electron chi connectivity index (χ1n) is 7.29. The number of sulfonamides is 1. The number of anilines is 1. The van der Waals surface area contributed by atoms with Crippen molar-refractivity contribution >= 4 is 15.7 Å². The van der Waals surface area contributed by atoms with Crippen LogP contribution in [0.2, 0.25) is 0 Å². The monoisotopic (exact) mass is 321 g/mol. The molecule has 0 saturated carbocycles. The number of nitrogens with one attached hydrogen (secondary N) is 1. The summed E-state index contributed by atoms with van der Waals surface area (Å²) in [6, 6.07) is 7.41. The summed E-state index contributed by atoms with van der Waals surface area (Å²) >= 11 is 0. The second-order valence-corrected chi connectivity index (χ2v) is 8.07. The molecule has 22 heavy (non-hydrogen) atoms. The zero-order chi connectivity index (χ0) is 16.5. The van der Waals surface area contributed by atoms with Crippen LogP contribution in [0.5, 0.6) is 0 Å². The second-order valence-electron chi connectivity index (χ2n) is 6.42. The van der Waals surface area contributed by atoms with Gasteiger partial charge < -0.3 is 0 Å². The average Bonchev–Trinajstić information content (AvgIpc) is 2.82. The minimum absolute atomic E-state index is 0.224. The molecule has 1 aromatic heterocycles. The number of aryl methyl sites for hydroxylation is 2. The van der Waals surface area contributed by atoms with Crippen LogP contribution in [0.15, 0.2) is 35.4 Å². The van der Waals surface area contributed by atoms with E-state index in [0.29, 0.717) is 11.4 Å². The summed E-state index contributed by atoms with van der Waals surface area (Å²) in [5.74, 6) is 0. The molecule has 0 spiro atoms. The van der Waals surface area contributed by atoms with Gasteiger partial charge in [-0.1, -0.05) is 39.8 Å². The number of benzene rings is 1. The first-order valence-corrected chi connectivity index (χ1v) is 8.77. The smallest absolute Gasteiger partial charge is 0.265 e. The molecule has 1 aromatic carbocycles. The summed E-state index contributed by atoms with van der Waals surface area (Å²) in [5.41, 5.74) is 1.94. The van der Waals surface area contributed by atoms with Gasteiger partial charge in [0.1, 0.15) is 4.90 Å². The number of nitrogens with zero attached hydrogens (tertiary/aromatic N) is 2. The third-order valence-corrected chi connectivity index (χ3v) is 4.79. The number of rotatable bonds is 4. The number of aromatic nitrogens is 2. The molecule has 0 fully saturated rings. The van der Waals surface area contributed by atoms with Crippen molar-refractivity contribution in [2.24, 2.45) is 7.05 Å². The highest BCUT2D eigenvalue weighted by Gasteiger charge is 2.29. The van der Waals surface area contributed by atoms with Crippen LogP contribution in [-0.2, 0) is 28.9 Å².